The number of ether oxygens (including phenoxy) is 2. The van der Waals surface area contributed by atoms with Crippen LogP contribution >= 0.6 is 0 Å². The van der Waals surface area contributed by atoms with Crippen LogP contribution in [0.1, 0.15) is 32.3 Å². The Labute approximate surface area is 179 Å². The van der Waals surface area contributed by atoms with Crippen molar-refractivity contribution in [2.24, 2.45) is 4.99 Å². The molecule has 3 rings (SSSR count). The predicted octanol–water partition coefficient (Wildman–Crippen LogP) is 3.21. The number of nitrogens with one attached hydrogen (secondary N) is 2. The third-order valence-corrected chi connectivity index (χ3v) is 4.96. The van der Waals surface area contributed by atoms with Crippen molar-refractivity contribution in [2.45, 2.75) is 39.3 Å². The topological polar surface area (TPSA) is 71.0 Å². The quantitative estimate of drug-likeness (QED) is 0.488. The Morgan fingerprint density at radius 3 is 2.57 bits per heavy atom. The average molecular weight is 412 g/mol. The first-order valence-electron chi connectivity index (χ1n) is 10.7. The highest BCUT2D eigenvalue weighted by Gasteiger charge is 2.13. The maximum Gasteiger partial charge on any atom is 0.191 e. The highest BCUT2D eigenvalue weighted by atomic mass is 16.5. The van der Waals surface area contributed by atoms with Crippen molar-refractivity contribution >= 4 is 11.8 Å². The Morgan fingerprint density at radius 1 is 1.13 bits per heavy atom. The number of rotatable bonds is 9. The van der Waals surface area contributed by atoms with Gasteiger partial charge in [-0.25, -0.2) is 9.98 Å². The van der Waals surface area contributed by atoms with Crippen LogP contribution in [0.2, 0.25) is 0 Å². The van der Waals surface area contributed by atoms with Crippen LogP contribution in [0.5, 0.6) is 11.5 Å². The monoisotopic (exact) mass is 411 g/mol. The third-order valence-electron chi connectivity index (χ3n) is 4.96. The van der Waals surface area contributed by atoms with Gasteiger partial charge in [0.2, 0.25) is 0 Å². The van der Waals surface area contributed by atoms with Gasteiger partial charge in [-0.1, -0.05) is 18.2 Å². The smallest absolute Gasteiger partial charge is 0.191 e. The molecule has 1 fully saturated rings. The highest BCUT2D eigenvalue weighted by molar-refractivity contribution is 5.79. The largest absolute Gasteiger partial charge is 0.493 e. The Bertz CT molecular complexity index is 803. The molecule has 1 atom stereocenters. The number of benzene rings is 1. The van der Waals surface area contributed by atoms with Gasteiger partial charge in [-0.15, -0.1) is 0 Å². The molecule has 0 amide bonds. The van der Waals surface area contributed by atoms with Gasteiger partial charge in [0.25, 0.3) is 0 Å². The number of hydrogen-bond donors (Lipinski definition) is 2. The summed E-state index contributed by atoms with van der Waals surface area (Å²) >= 11 is 0. The van der Waals surface area contributed by atoms with Gasteiger partial charge >= 0.3 is 0 Å². The molecular formula is C23H33N5O2. The van der Waals surface area contributed by atoms with E-state index in [0.717, 1.165) is 48.5 Å². The molecule has 162 valence electrons. The zero-order valence-electron chi connectivity index (χ0n) is 18.2. The SMILES string of the molecule is CCNC(=NCc1ccc(N2CCCC2)nc1)NCC(C)Oc1ccccc1OC. The molecule has 7 heteroatoms. The molecular weight excluding hydrogens is 378 g/mol. The molecule has 1 aliphatic rings. The Morgan fingerprint density at radius 2 is 1.90 bits per heavy atom. The number of aromatic nitrogens is 1. The molecule has 0 spiro atoms. The van der Waals surface area contributed by atoms with Crippen molar-refractivity contribution in [3.05, 3.63) is 48.2 Å². The summed E-state index contributed by atoms with van der Waals surface area (Å²) in [6, 6.07) is 11.9. The predicted molar refractivity (Wildman–Crippen MR) is 122 cm³/mol. The lowest BCUT2D eigenvalue weighted by atomic mass is 10.3. The van der Waals surface area contributed by atoms with E-state index in [9.17, 15) is 0 Å². The molecule has 1 unspecified atom stereocenters. The molecule has 7 nitrogen and oxygen atoms in total. The van der Waals surface area contributed by atoms with Gasteiger partial charge in [0.05, 0.1) is 20.2 Å². The van der Waals surface area contributed by atoms with Crippen LogP contribution in [0, 0.1) is 0 Å². The van der Waals surface area contributed by atoms with Crippen LogP contribution in [0.4, 0.5) is 5.82 Å². The van der Waals surface area contributed by atoms with E-state index in [2.05, 4.69) is 44.6 Å². The molecule has 1 aromatic carbocycles. The second-order valence-electron chi connectivity index (χ2n) is 7.37. The lowest BCUT2D eigenvalue weighted by Gasteiger charge is -2.19. The molecule has 1 aliphatic heterocycles. The first kappa shape index (κ1) is 21.7. The maximum absolute atomic E-state index is 6.00. The summed E-state index contributed by atoms with van der Waals surface area (Å²) in [5.74, 6) is 3.29. The van der Waals surface area contributed by atoms with E-state index < -0.39 is 0 Å². The molecule has 1 aromatic heterocycles. The molecule has 2 N–H and O–H groups in total. The van der Waals surface area contributed by atoms with Crippen LogP contribution in [0.25, 0.3) is 0 Å². The van der Waals surface area contributed by atoms with E-state index in [-0.39, 0.29) is 6.10 Å². The molecule has 0 aliphatic carbocycles. The number of guanidine groups is 1. The van der Waals surface area contributed by atoms with Crippen LogP contribution in [0.15, 0.2) is 47.6 Å². The summed E-state index contributed by atoms with van der Waals surface area (Å²) in [5.41, 5.74) is 1.09. The summed E-state index contributed by atoms with van der Waals surface area (Å²) in [5, 5.41) is 6.63. The van der Waals surface area contributed by atoms with Gasteiger partial charge < -0.3 is 25.0 Å². The van der Waals surface area contributed by atoms with Crippen molar-refractivity contribution in [2.75, 3.05) is 38.2 Å². The number of para-hydroxylation sites is 2. The Kier molecular flexibility index (Phi) is 8.18. The van der Waals surface area contributed by atoms with E-state index >= 15 is 0 Å². The van der Waals surface area contributed by atoms with E-state index in [4.69, 9.17) is 9.47 Å². The number of aliphatic imine (C=N–C) groups is 1. The van der Waals surface area contributed by atoms with E-state index in [1.54, 1.807) is 7.11 Å². The number of hydrogen-bond acceptors (Lipinski definition) is 5. The molecule has 2 heterocycles. The minimum absolute atomic E-state index is 0.0495. The van der Waals surface area contributed by atoms with Crippen molar-refractivity contribution in [3.63, 3.8) is 0 Å². The Balaban J connectivity index is 1.52. The van der Waals surface area contributed by atoms with Crippen LogP contribution < -0.4 is 25.0 Å². The summed E-state index contributed by atoms with van der Waals surface area (Å²) < 4.78 is 11.4. The van der Waals surface area contributed by atoms with Gasteiger partial charge in [0.1, 0.15) is 11.9 Å². The summed E-state index contributed by atoms with van der Waals surface area (Å²) in [6.45, 7) is 8.27. The van der Waals surface area contributed by atoms with Crippen molar-refractivity contribution in [1.29, 1.82) is 0 Å². The minimum atomic E-state index is -0.0495. The van der Waals surface area contributed by atoms with Crippen LogP contribution in [-0.2, 0) is 6.54 Å². The average Bonchev–Trinajstić information content (AvgIpc) is 3.31. The first-order valence-corrected chi connectivity index (χ1v) is 10.7. The summed E-state index contributed by atoms with van der Waals surface area (Å²) in [4.78, 5) is 11.6. The molecule has 0 bridgehead atoms. The van der Waals surface area contributed by atoms with Gasteiger partial charge in [0, 0.05) is 25.8 Å². The minimum Gasteiger partial charge on any atom is -0.493 e. The first-order chi connectivity index (χ1) is 14.7. The van der Waals surface area contributed by atoms with Gasteiger partial charge in [-0.2, -0.15) is 0 Å². The van der Waals surface area contributed by atoms with E-state index in [0.29, 0.717) is 13.1 Å². The van der Waals surface area contributed by atoms with E-state index in [1.807, 2.05) is 37.4 Å². The standard InChI is InChI=1S/C23H33N5O2/c1-4-24-23(26-15-18(2)30-21-10-6-5-9-20(21)29-3)27-17-19-11-12-22(25-16-19)28-13-7-8-14-28/h5-6,9-12,16,18H,4,7-8,13-15,17H2,1-3H3,(H2,24,26,27). The van der Waals surface area contributed by atoms with Crippen molar-refractivity contribution in [1.82, 2.24) is 15.6 Å². The fourth-order valence-corrected chi connectivity index (χ4v) is 3.37. The lowest BCUT2D eigenvalue weighted by Crippen LogP contribution is -2.41. The van der Waals surface area contributed by atoms with Gasteiger partial charge in [-0.05, 0) is 50.5 Å². The zero-order chi connectivity index (χ0) is 21.2. The fraction of sp³-hybridized carbons (Fsp3) is 0.478. The number of anilines is 1. The second-order valence-corrected chi connectivity index (χ2v) is 7.37. The molecule has 0 radical (unpaired) electrons. The maximum atomic E-state index is 6.00. The summed E-state index contributed by atoms with van der Waals surface area (Å²) in [7, 11) is 1.65. The second kappa shape index (κ2) is 11.3. The molecule has 1 saturated heterocycles. The zero-order valence-corrected chi connectivity index (χ0v) is 18.2. The van der Waals surface area contributed by atoms with Crippen LogP contribution in [0.3, 0.4) is 0 Å². The normalized spacial score (nSPS) is 15.0. The number of nitrogens with zero attached hydrogens (tertiary/aromatic N) is 3. The highest BCUT2D eigenvalue weighted by Crippen LogP contribution is 2.26. The van der Waals surface area contributed by atoms with Gasteiger partial charge in [0.15, 0.2) is 17.5 Å². The fourth-order valence-electron chi connectivity index (χ4n) is 3.37. The number of methoxy groups -OCH3 is 1. The molecule has 2 aromatic rings. The third kappa shape index (κ3) is 6.27. The molecule has 30 heavy (non-hydrogen) atoms. The van der Waals surface area contributed by atoms with Gasteiger partial charge in [-0.3, -0.25) is 0 Å². The van der Waals surface area contributed by atoms with Crippen molar-refractivity contribution in [3.8, 4) is 11.5 Å². The van der Waals surface area contributed by atoms with E-state index in [1.165, 1.54) is 12.8 Å². The lowest BCUT2D eigenvalue weighted by molar-refractivity contribution is 0.213. The van der Waals surface area contributed by atoms with Crippen LogP contribution in [-0.4, -0.2) is 50.3 Å². The molecule has 0 saturated carbocycles. The Hall–Kier alpha value is -2.96. The van der Waals surface area contributed by atoms with Crippen molar-refractivity contribution < 1.29 is 9.47 Å². The number of pyridine rings is 1. The summed E-state index contributed by atoms with van der Waals surface area (Å²) in [6.07, 6.45) is 4.38.